The lowest BCUT2D eigenvalue weighted by molar-refractivity contribution is 0.104. The summed E-state index contributed by atoms with van der Waals surface area (Å²) in [4.78, 5) is 24.2. The molecule has 0 unspecified atom stereocenters. The Morgan fingerprint density at radius 1 is 0.967 bits per heavy atom. The number of carbonyl (C=O) groups is 1. The fraction of sp³-hybridized carbons (Fsp3) is 0.0400. The normalized spacial score (nSPS) is 11.0. The van der Waals surface area contributed by atoms with Gasteiger partial charge in [0.2, 0.25) is 0 Å². The summed E-state index contributed by atoms with van der Waals surface area (Å²) < 4.78 is 10.3. The molecule has 30 heavy (non-hydrogen) atoms. The summed E-state index contributed by atoms with van der Waals surface area (Å²) in [5.41, 5.74) is 3.00. The molecule has 0 radical (unpaired) electrons. The number of ether oxygens (including phenoxy) is 1. The number of hydrogen-bond donors (Lipinski definition) is 1. The average molecular weight is 397 g/mol. The molecular weight excluding hydrogens is 378 g/mol. The van der Waals surface area contributed by atoms with E-state index in [0.717, 1.165) is 22.4 Å². The van der Waals surface area contributed by atoms with Crippen molar-refractivity contribution >= 4 is 34.2 Å². The van der Waals surface area contributed by atoms with Crippen molar-refractivity contribution in [2.75, 3.05) is 12.4 Å². The number of hydrogen-bond acceptors (Lipinski definition) is 5. The summed E-state index contributed by atoms with van der Waals surface area (Å²) in [6.45, 7) is 0. The maximum Gasteiger partial charge on any atom is 0.338 e. The van der Waals surface area contributed by atoms with Gasteiger partial charge in [-0.1, -0.05) is 30.3 Å². The molecule has 5 heteroatoms. The minimum Gasteiger partial charge on any atom is -0.497 e. The van der Waals surface area contributed by atoms with E-state index in [1.54, 1.807) is 49.6 Å². The van der Waals surface area contributed by atoms with Crippen LogP contribution in [0, 0.1) is 0 Å². The van der Waals surface area contributed by atoms with Gasteiger partial charge in [-0.3, -0.25) is 4.79 Å². The number of fused-ring (bicyclic) bond motifs is 1. The largest absolute Gasteiger partial charge is 0.497 e. The zero-order chi connectivity index (χ0) is 20.9. The Morgan fingerprint density at radius 2 is 1.70 bits per heavy atom. The third-order valence-corrected chi connectivity index (χ3v) is 4.64. The Morgan fingerprint density at radius 3 is 2.43 bits per heavy atom. The van der Waals surface area contributed by atoms with Crippen molar-refractivity contribution in [3.63, 3.8) is 0 Å². The van der Waals surface area contributed by atoms with Crippen molar-refractivity contribution in [1.29, 1.82) is 0 Å². The molecule has 4 aromatic rings. The zero-order valence-corrected chi connectivity index (χ0v) is 16.3. The highest BCUT2D eigenvalue weighted by Gasteiger charge is 2.06. The van der Waals surface area contributed by atoms with E-state index in [0.29, 0.717) is 16.8 Å². The van der Waals surface area contributed by atoms with Gasteiger partial charge in [0.05, 0.1) is 12.8 Å². The molecule has 0 aliphatic rings. The second-order valence-electron chi connectivity index (χ2n) is 6.65. The Kier molecular flexibility index (Phi) is 5.44. The van der Waals surface area contributed by atoms with E-state index >= 15 is 0 Å². The predicted octanol–water partition coefficient (Wildman–Crippen LogP) is 5.44. The van der Waals surface area contributed by atoms with Crippen molar-refractivity contribution in [1.82, 2.24) is 0 Å². The molecule has 0 amide bonds. The van der Waals surface area contributed by atoms with Gasteiger partial charge in [-0.2, -0.15) is 0 Å². The van der Waals surface area contributed by atoms with Gasteiger partial charge in [0.1, 0.15) is 11.3 Å². The van der Waals surface area contributed by atoms with Gasteiger partial charge in [0.25, 0.3) is 0 Å². The van der Waals surface area contributed by atoms with Crippen LogP contribution in [0.15, 0.2) is 94.2 Å². The number of nitrogens with one attached hydrogen (secondary N) is 1. The van der Waals surface area contributed by atoms with E-state index in [9.17, 15) is 9.59 Å². The van der Waals surface area contributed by atoms with E-state index in [-0.39, 0.29) is 5.78 Å². The van der Waals surface area contributed by atoms with E-state index in [1.807, 2.05) is 42.5 Å². The summed E-state index contributed by atoms with van der Waals surface area (Å²) in [6, 6.07) is 23.3. The molecule has 148 valence electrons. The van der Waals surface area contributed by atoms with Gasteiger partial charge in [0, 0.05) is 22.7 Å². The lowest BCUT2D eigenvalue weighted by Gasteiger charge is -2.09. The van der Waals surface area contributed by atoms with Crippen LogP contribution in [-0.4, -0.2) is 12.9 Å². The number of methoxy groups -OCH3 is 1. The van der Waals surface area contributed by atoms with Crippen LogP contribution in [0.4, 0.5) is 11.4 Å². The third kappa shape index (κ3) is 4.31. The number of para-hydroxylation sites is 1. The Hall–Kier alpha value is -4.12. The summed E-state index contributed by atoms with van der Waals surface area (Å²) in [5.74, 6) is 0.675. The molecule has 1 heterocycles. The highest BCUT2D eigenvalue weighted by molar-refractivity contribution is 6.07. The van der Waals surface area contributed by atoms with Crippen LogP contribution in [0.5, 0.6) is 5.75 Å². The first-order chi connectivity index (χ1) is 14.6. The van der Waals surface area contributed by atoms with Crippen LogP contribution >= 0.6 is 0 Å². The minimum absolute atomic E-state index is 0.0943. The minimum atomic E-state index is -0.424. The number of carbonyl (C=O) groups excluding carboxylic acids is 1. The van der Waals surface area contributed by atoms with Crippen LogP contribution in [-0.2, 0) is 0 Å². The molecule has 1 N–H and O–H groups in total. The van der Waals surface area contributed by atoms with E-state index in [1.165, 1.54) is 6.07 Å². The quantitative estimate of drug-likeness (QED) is 0.266. The number of benzene rings is 3. The van der Waals surface area contributed by atoms with Crippen molar-refractivity contribution in [3.8, 4) is 5.75 Å². The number of rotatable bonds is 6. The Labute approximate surface area is 173 Å². The van der Waals surface area contributed by atoms with Gasteiger partial charge in [0.15, 0.2) is 5.78 Å². The summed E-state index contributed by atoms with van der Waals surface area (Å²) in [6.07, 6.45) is 3.31. The smallest absolute Gasteiger partial charge is 0.338 e. The lowest BCUT2D eigenvalue weighted by atomic mass is 10.1. The van der Waals surface area contributed by atoms with Crippen LogP contribution in [0.25, 0.3) is 17.0 Å². The second-order valence-corrected chi connectivity index (χ2v) is 6.65. The van der Waals surface area contributed by atoms with E-state index < -0.39 is 5.63 Å². The molecule has 5 nitrogen and oxygen atoms in total. The number of ketones is 1. The van der Waals surface area contributed by atoms with Crippen LogP contribution in [0.3, 0.4) is 0 Å². The maximum absolute atomic E-state index is 12.4. The number of allylic oxidation sites excluding steroid dienone is 1. The SMILES string of the molecule is COc1ccc(/C=C/C(=O)c2ccc(Nc3cc(=O)oc4ccccc34)cc2)cc1. The topological polar surface area (TPSA) is 68.5 Å². The first-order valence-electron chi connectivity index (χ1n) is 9.39. The van der Waals surface area contributed by atoms with Crippen molar-refractivity contribution < 1.29 is 13.9 Å². The standard InChI is InChI=1S/C25H19NO4/c1-29-20-13-6-17(7-14-20)8-15-23(27)18-9-11-19(12-10-18)26-22-16-25(28)30-24-5-3-2-4-21(22)24/h2-16,26H,1H3/b15-8+. The monoisotopic (exact) mass is 397 g/mol. The Bertz CT molecular complexity index is 1270. The molecule has 0 atom stereocenters. The van der Waals surface area contributed by atoms with Gasteiger partial charge < -0.3 is 14.5 Å². The lowest BCUT2D eigenvalue weighted by Crippen LogP contribution is -2.01. The molecule has 0 spiro atoms. The molecule has 0 aliphatic carbocycles. The van der Waals surface area contributed by atoms with Gasteiger partial charge >= 0.3 is 5.63 Å². The summed E-state index contributed by atoms with van der Waals surface area (Å²) >= 11 is 0. The van der Waals surface area contributed by atoms with Crippen molar-refractivity contribution in [3.05, 3.63) is 106 Å². The fourth-order valence-electron chi connectivity index (χ4n) is 3.07. The molecule has 1 aromatic heterocycles. The van der Waals surface area contributed by atoms with E-state index in [4.69, 9.17) is 9.15 Å². The molecule has 0 saturated carbocycles. The molecular formula is C25H19NO4. The van der Waals surface area contributed by atoms with Crippen LogP contribution in [0.1, 0.15) is 15.9 Å². The van der Waals surface area contributed by atoms with Crippen LogP contribution in [0.2, 0.25) is 0 Å². The van der Waals surface area contributed by atoms with Gasteiger partial charge in [-0.05, 0) is 60.2 Å². The summed E-state index contributed by atoms with van der Waals surface area (Å²) in [7, 11) is 1.61. The molecule has 3 aromatic carbocycles. The number of anilines is 2. The highest BCUT2D eigenvalue weighted by Crippen LogP contribution is 2.25. The molecule has 0 bridgehead atoms. The molecule has 0 saturated heterocycles. The Balaban J connectivity index is 1.49. The zero-order valence-electron chi connectivity index (χ0n) is 16.3. The summed E-state index contributed by atoms with van der Waals surface area (Å²) in [5, 5.41) is 4.03. The van der Waals surface area contributed by atoms with Crippen LogP contribution < -0.4 is 15.7 Å². The highest BCUT2D eigenvalue weighted by atomic mass is 16.5. The van der Waals surface area contributed by atoms with E-state index in [2.05, 4.69) is 5.32 Å². The predicted molar refractivity (Wildman–Crippen MR) is 119 cm³/mol. The first kappa shape index (κ1) is 19.2. The molecule has 4 rings (SSSR count). The fourth-order valence-corrected chi connectivity index (χ4v) is 3.07. The van der Waals surface area contributed by atoms with Crippen molar-refractivity contribution in [2.45, 2.75) is 0 Å². The van der Waals surface area contributed by atoms with Gasteiger partial charge in [-0.25, -0.2) is 4.79 Å². The third-order valence-electron chi connectivity index (χ3n) is 4.64. The first-order valence-corrected chi connectivity index (χ1v) is 9.39. The van der Waals surface area contributed by atoms with Gasteiger partial charge in [-0.15, -0.1) is 0 Å². The average Bonchev–Trinajstić information content (AvgIpc) is 2.78. The second kappa shape index (κ2) is 8.49. The maximum atomic E-state index is 12.4. The molecule has 0 fully saturated rings. The van der Waals surface area contributed by atoms with Crippen molar-refractivity contribution in [2.24, 2.45) is 0 Å². The molecule has 0 aliphatic heterocycles.